The van der Waals surface area contributed by atoms with Crippen LogP contribution in [-0.4, -0.2) is 162 Å². The SMILES string of the molecule is CCC1=C(C)c2cc3nc(cc4[nH]c(c5c6[nH]c(cc1n2)c(C)c6C(=O)N(CCN1CCOCC1)C5=O)[C@@H](CCC(=O)N(C)CCN)[C@@H]4C)C(C)=C3/C=C/C(=O)NCCOCCOCCO. The van der Waals surface area contributed by atoms with Crippen LogP contribution >= 0.6 is 0 Å². The fraction of sp³-hybridized carbons (Fsp3) is 0.510. The van der Waals surface area contributed by atoms with E-state index in [4.69, 9.17) is 35.0 Å². The van der Waals surface area contributed by atoms with Crippen LogP contribution in [-0.2, 0) is 23.8 Å². The van der Waals surface area contributed by atoms with E-state index >= 15 is 4.79 Å². The number of imide groups is 1. The van der Waals surface area contributed by atoms with Crippen LogP contribution in [0, 0.1) is 6.92 Å². The standard InChI is InChI=1S/C49H65N9O8/c1-7-33-29(2)37-27-41-34(8-10-42(60)51-13-20-64-24-25-66-23-19-59)30(3)36(53-41)26-38-31(4)35(9-11-43(61)56(6)14-12-50)46(54-38)45-47-44(32(5)39(55-47)28-40(33)52-37)48(62)58(49(45)63)16-15-57-17-21-65-22-18-57/h8,10,26-28,31,35,54-55,59H,7,9,11-25,50H2,1-6H3,(H,51,60)/b10-8+,38-26?,40-28?,41-27?,46-45?/t31-,35-/m0/s1. The van der Waals surface area contributed by atoms with E-state index < -0.39 is 5.91 Å². The highest BCUT2D eigenvalue weighted by molar-refractivity contribution is 6.23. The Labute approximate surface area is 386 Å². The average molecular weight is 908 g/mol. The number of nitrogens with zero attached hydrogens (tertiary/aromatic N) is 5. The number of ether oxygens (including phenoxy) is 3. The highest BCUT2D eigenvalue weighted by atomic mass is 16.5. The maximum atomic E-state index is 15.1. The molecule has 2 aromatic rings. The van der Waals surface area contributed by atoms with Gasteiger partial charge in [0.2, 0.25) is 11.8 Å². The summed E-state index contributed by atoms with van der Waals surface area (Å²) in [5, 5.41) is 11.7. The first-order valence-corrected chi connectivity index (χ1v) is 23.2. The van der Waals surface area contributed by atoms with Gasteiger partial charge in [-0.15, -0.1) is 0 Å². The van der Waals surface area contributed by atoms with Crippen molar-refractivity contribution in [3.63, 3.8) is 0 Å². The summed E-state index contributed by atoms with van der Waals surface area (Å²) in [5.41, 5.74) is 16.3. The number of fused-ring (bicyclic) bond motifs is 8. The molecule has 6 N–H and O–H groups in total. The third-order valence-corrected chi connectivity index (χ3v) is 13.2. The molecule has 17 nitrogen and oxygen atoms in total. The van der Waals surface area contributed by atoms with E-state index in [1.807, 2.05) is 39.0 Å². The second-order valence-corrected chi connectivity index (χ2v) is 17.3. The lowest BCUT2D eigenvalue weighted by Crippen LogP contribution is -2.47. The zero-order valence-electron chi connectivity index (χ0n) is 39.2. The maximum Gasteiger partial charge on any atom is 0.264 e. The first-order chi connectivity index (χ1) is 31.9. The first-order valence-electron chi connectivity index (χ1n) is 23.2. The molecule has 4 amide bonds. The fourth-order valence-electron chi connectivity index (χ4n) is 9.29. The molecule has 1 fully saturated rings. The number of aromatic nitrogens is 4. The Morgan fingerprint density at radius 3 is 2.39 bits per heavy atom. The van der Waals surface area contributed by atoms with Gasteiger partial charge >= 0.3 is 0 Å². The van der Waals surface area contributed by atoms with Crippen molar-refractivity contribution >= 4 is 57.0 Å². The molecular formula is C49H65N9O8. The number of nitrogens with one attached hydrogen (secondary N) is 3. The van der Waals surface area contributed by atoms with E-state index in [1.54, 1.807) is 18.0 Å². The van der Waals surface area contributed by atoms with Gasteiger partial charge < -0.3 is 45.2 Å². The Kier molecular flexibility index (Phi) is 16.0. The second-order valence-electron chi connectivity index (χ2n) is 17.3. The number of amides is 4. The number of aryl methyl sites for hydroxylation is 1. The predicted octanol–water partition coefficient (Wildman–Crippen LogP) is 4.33. The summed E-state index contributed by atoms with van der Waals surface area (Å²) in [6, 6.07) is 5.92. The van der Waals surface area contributed by atoms with Crippen LogP contribution in [0.4, 0.5) is 0 Å². The topological polar surface area (TPSA) is 221 Å². The monoisotopic (exact) mass is 907 g/mol. The number of hydrogen-bond donors (Lipinski definition) is 5. The largest absolute Gasteiger partial charge is 0.394 e. The molecule has 7 rings (SSSR count). The smallest absolute Gasteiger partial charge is 0.264 e. The molecule has 5 aliphatic heterocycles. The number of carbonyl (C=O) groups is 4. The highest BCUT2D eigenvalue weighted by Gasteiger charge is 2.41. The van der Waals surface area contributed by atoms with Gasteiger partial charge in [0.05, 0.1) is 85.7 Å². The molecule has 1 saturated heterocycles. The minimum Gasteiger partial charge on any atom is -0.394 e. The summed E-state index contributed by atoms with van der Waals surface area (Å²) in [6.45, 7) is 15.7. The van der Waals surface area contributed by atoms with Gasteiger partial charge in [-0.3, -0.25) is 29.0 Å². The van der Waals surface area contributed by atoms with Crippen LogP contribution < -0.4 is 11.1 Å². The van der Waals surface area contributed by atoms with E-state index in [2.05, 4.69) is 34.0 Å². The lowest BCUT2D eigenvalue weighted by atomic mass is 9.84. The molecule has 354 valence electrons. The minimum absolute atomic E-state index is 0.0487. The molecule has 2 atom stereocenters. The van der Waals surface area contributed by atoms with E-state index in [0.717, 1.165) is 39.4 Å². The third kappa shape index (κ3) is 10.4. The summed E-state index contributed by atoms with van der Waals surface area (Å²) in [4.78, 5) is 79.1. The molecule has 0 aromatic carbocycles. The third-order valence-electron chi connectivity index (χ3n) is 13.2. The van der Waals surface area contributed by atoms with E-state index in [9.17, 15) is 14.4 Å². The molecule has 7 heterocycles. The Hall–Kier alpha value is -5.56. The van der Waals surface area contributed by atoms with Gasteiger partial charge in [-0.25, -0.2) is 9.97 Å². The second kappa shape index (κ2) is 21.8. The van der Waals surface area contributed by atoms with E-state index in [0.29, 0.717) is 130 Å². The van der Waals surface area contributed by atoms with Gasteiger partial charge in [0.1, 0.15) is 0 Å². The number of hydrogen-bond acceptors (Lipinski definition) is 12. The Morgan fingerprint density at radius 2 is 1.67 bits per heavy atom. The molecular weight excluding hydrogens is 843 g/mol. The Morgan fingerprint density at radius 1 is 0.955 bits per heavy atom. The number of H-pyrrole nitrogens is 2. The Bertz CT molecular complexity index is 2500. The summed E-state index contributed by atoms with van der Waals surface area (Å²) in [6.07, 6.45) is 4.61. The van der Waals surface area contributed by atoms with Crippen LogP contribution in [0.15, 0.2) is 30.4 Å². The molecule has 0 aliphatic carbocycles. The normalized spacial score (nSPS) is 18.2. The van der Waals surface area contributed by atoms with Gasteiger partial charge in [-0.1, -0.05) is 13.8 Å². The van der Waals surface area contributed by atoms with Crippen molar-refractivity contribution in [2.45, 2.75) is 65.7 Å². The van der Waals surface area contributed by atoms with Crippen LogP contribution in [0.25, 0.3) is 33.3 Å². The molecule has 5 aliphatic rings. The molecule has 0 saturated carbocycles. The molecule has 0 radical (unpaired) electrons. The number of likely N-dealkylation sites (N-methyl/N-ethyl adjacent to an activating group) is 1. The van der Waals surface area contributed by atoms with Crippen molar-refractivity contribution in [2.75, 3.05) is 99.1 Å². The number of nitrogens with two attached hydrogens (primary N) is 1. The number of aliphatic hydroxyl groups excluding tert-OH is 1. The molecule has 17 heteroatoms. The first kappa shape index (κ1) is 48.4. The van der Waals surface area contributed by atoms with Crippen LogP contribution in [0.5, 0.6) is 0 Å². The number of carbonyl (C=O) groups excluding carboxylic acids is 4. The van der Waals surface area contributed by atoms with Gasteiger partial charge in [0.25, 0.3) is 11.8 Å². The minimum atomic E-state index is -0.398. The zero-order valence-corrected chi connectivity index (χ0v) is 39.2. The van der Waals surface area contributed by atoms with E-state index in [1.165, 1.54) is 11.0 Å². The molecule has 66 heavy (non-hydrogen) atoms. The van der Waals surface area contributed by atoms with Crippen molar-refractivity contribution in [1.29, 1.82) is 0 Å². The van der Waals surface area contributed by atoms with E-state index in [-0.39, 0.29) is 55.7 Å². The quantitative estimate of drug-likeness (QED) is 0.0756. The van der Waals surface area contributed by atoms with Crippen molar-refractivity contribution in [3.05, 3.63) is 81.2 Å². The lowest BCUT2D eigenvalue weighted by Gasteiger charge is -2.31. The van der Waals surface area contributed by atoms with Crippen LogP contribution in [0.3, 0.4) is 0 Å². The molecule has 8 bridgehead atoms. The molecule has 2 aromatic heterocycles. The molecule has 0 spiro atoms. The van der Waals surface area contributed by atoms with Crippen molar-refractivity contribution in [2.24, 2.45) is 5.73 Å². The van der Waals surface area contributed by atoms with Gasteiger partial charge in [-0.05, 0) is 80.2 Å². The Balaban J connectivity index is 1.38. The van der Waals surface area contributed by atoms with Crippen molar-refractivity contribution in [3.8, 4) is 0 Å². The highest BCUT2D eigenvalue weighted by Crippen LogP contribution is 2.45. The molecule has 0 unspecified atom stereocenters. The van der Waals surface area contributed by atoms with Gasteiger partial charge in [-0.2, -0.15) is 0 Å². The summed E-state index contributed by atoms with van der Waals surface area (Å²) >= 11 is 0. The van der Waals surface area contributed by atoms with Crippen LogP contribution in [0.2, 0.25) is 0 Å². The number of allylic oxidation sites excluding steroid dienone is 5. The number of morpholine rings is 1. The summed E-state index contributed by atoms with van der Waals surface area (Å²) in [7, 11) is 1.75. The van der Waals surface area contributed by atoms with Gasteiger partial charge in [0, 0.05) is 99.7 Å². The summed E-state index contributed by atoms with van der Waals surface area (Å²) in [5.74, 6) is -1.59. The fourth-order valence-corrected chi connectivity index (χ4v) is 9.29. The summed E-state index contributed by atoms with van der Waals surface area (Å²) < 4.78 is 16.3. The van der Waals surface area contributed by atoms with Crippen molar-refractivity contribution < 1.29 is 38.5 Å². The predicted molar refractivity (Wildman–Crippen MR) is 253 cm³/mol. The zero-order chi connectivity index (χ0) is 47.1. The number of aliphatic hydroxyl groups is 1. The average Bonchev–Trinajstić information content (AvgIpc) is 3.98. The number of rotatable bonds is 19. The number of aromatic amines is 2. The lowest BCUT2D eigenvalue weighted by molar-refractivity contribution is -0.130. The maximum absolute atomic E-state index is 15.1. The van der Waals surface area contributed by atoms with Crippen LogP contribution in [0.1, 0.15) is 119 Å². The van der Waals surface area contributed by atoms with Gasteiger partial charge in [0.15, 0.2) is 0 Å². The van der Waals surface area contributed by atoms with Crippen molar-refractivity contribution in [1.82, 2.24) is 40.0 Å².